The van der Waals surface area contributed by atoms with Crippen LogP contribution in [0.15, 0.2) is 25.0 Å². The smallest absolute Gasteiger partial charge is 0.0522 e. The van der Waals surface area contributed by atoms with Crippen LogP contribution in [0.2, 0.25) is 0 Å². The minimum Gasteiger partial charge on any atom is -0.273 e. The highest BCUT2D eigenvalue weighted by Gasteiger charge is 2.20. The van der Waals surface area contributed by atoms with Gasteiger partial charge in [-0.1, -0.05) is 13.0 Å². The molecule has 1 rings (SSSR count). The quantitative estimate of drug-likeness (QED) is 0.542. The number of nitrogens with zero attached hydrogens (tertiary/aromatic N) is 2. The van der Waals surface area contributed by atoms with Gasteiger partial charge in [-0.25, -0.2) is 0 Å². The van der Waals surface area contributed by atoms with Gasteiger partial charge in [0, 0.05) is 24.0 Å². The van der Waals surface area contributed by atoms with Crippen molar-refractivity contribution < 1.29 is 0 Å². The highest BCUT2D eigenvalue weighted by Crippen LogP contribution is 2.25. The monoisotopic (exact) mass is 212 g/mol. The summed E-state index contributed by atoms with van der Waals surface area (Å²) in [5.41, 5.74) is 1.19. The Bertz CT molecular complexity index is 306. The molecule has 0 fully saturated rings. The number of alkyl halides is 1. The Kier molecular flexibility index (Phi) is 3.76. The van der Waals surface area contributed by atoms with E-state index in [0.29, 0.717) is 5.88 Å². The molecule has 1 aromatic heterocycles. The number of halogens is 1. The molecule has 0 N–H and O–H groups in total. The van der Waals surface area contributed by atoms with E-state index in [9.17, 15) is 0 Å². The van der Waals surface area contributed by atoms with Gasteiger partial charge in [-0.05, 0) is 18.9 Å². The van der Waals surface area contributed by atoms with Crippen molar-refractivity contribution in [3.8, 4) is 0 Å². The number of aryl methyl sites for hydroxylation is 1. The third-order valence-electron chi connectivity index (χ3n) is 2.42. The maximum Gasteiger partial charge on any atom is 0.0522 e. The third-order valence-corrected chi connectivity index (χ3v) is 3.03. The number of rotatable bonds is 5. The van der Waals surface area contributed by atoms with Crippen molar-refractivity contribution >= 4 is 11.6 Å². The van der Waals surface area contributed by atoms with E-state index in [1.165, 1.54) is 5.56 Å². The zero-order valence-electron chi connectivity index (χ0n) is 8.83. The zero-order chi connectivity index (χ0) is 10.6. The molecular formula is C11H17ClN2. The molecule has 1 heterocycles. The van der Waals surface area contributed by atoms with E-state index < -0.39 is 0 Å². The van der Waals surface area contributed by atoms with E-state index in [1.54, 1.807) is 0 Å². The first-order valence-electron chi connectivity index (χ1n) is 4.84. The van der Waals surface area contributed by atoms with E-state index in [1.807, 2.05) is 17.0 Å². The Morgan fingerprint density at radius 3 is 2.86 bits per heavy atom. The zero-order valence-corrected chi connectivity index (χ0v) is 9.59. The van der Waals surface area contributed by atoms with Crippen LogP contribution in [0.3, 0.4) is 0 Å². The number of allylic oxidation sites excluding steroid dienone is 1. The van der Waals surface area contributed by atoms with Crippen LogP contribution < -0.4 is 0 Å². The Morgan fingerprint density at radius 1 is 1.71 bits per heavy atom. The lowest BCUT2D eigenvalue weighted by molar-refractivity contribution is 0.486. The fourth-order valence-electron chi connectivity index (χ4n) is 1.31. The van der Waals surface area contributed by atoms with E-state index in [-0.39, 0.29) is 5.41 Å². The maximum absolute atomic E-state index is 5.90. The second-order valence-electron chi connectivity index (χ2n) is 3.87. The molecule has 1 unspecified atom stereocenters. The first-order chi connectivity index (χ1) is 6.63. The summed E-state index contributed by atoms with van der Waals surface area (Å²) in [6, 6.07) is 0. The van der Waals surface area contributed by atoms with Gasteiger partial charge in [0.2, 0.25) is 0 Å². The lowest BCUT2D eigenvalue weighted by Crippen LogP contribution is -2.18. The van der Waals surface area contributed by atoms with Crippen LogP contribution in [0.5, 0.6) is 0 Å². The van der Waals surface area contributed by atoms with Crippen LogP contribution in [0.25, 0.3) is 0 Å². The lowest BCUT2D eigenvalue weighted by Gasteiger charge is -2.21. The van der Waals surface area contributed by atoms with Gasteiger partial charge in [0.25, 0.3) is 0 Å². The number of hydrogen-bond donors (Lipinski definition) is 0. The van der Waals surface area contributed by atoms with Gasteiger partial charge in [0.1, 0.15) is 0 Å². The molecule has 0 bridgehead atoms. The first kappa shape index (κ1) is 11.3. The van der Waals surface area contributed by atoms with Crippen LogP contribution in [-0.2, 0) is 13.0 Å². The van der Waals surface area contributed by atoms with Crippen molar-refractivity contribution in [3.63, 3.8) is 0 Å². The SMILES string of the molecule is C=CC(C)(CCl)Cc1cnn(CC)c1. The molecule has 0 radical (unpaired) electrons. The highest BCUT2D eigenvalue weighted by atomic mass is 35.5. The van der Waals surface area contributed by atoms with Crippen LogP contribution in [0, 0.1) is 5.41 Å². The molecule has 0 amide bonds. The van der Waals surface area contributed by atoms with Gasteiger partial charge in [-0.15, -0.1) is 18.2 Å². The second-order valence-corrected chi connectivity index (χ2v) is 4.14. The van der Waals surface area contributed by atoms with Gasteiger partial charge in [-0.3, -0.25) is 4.68 Å². The van der Waals surface area contributed by atoms with E-state index in [0.717, 1.165) is 13.0 Å². The Morgan fingerprint density at radius 2 is 2.43 bits per heavy atom. The Hall–Kier alpha value is -0.760. The molecule has 0 saturated carbocycles. The molecule has 2 nitrogen and oxygen atoms in total. The van der Waals surface area contributed by atoms with Crippen molar-refractivity contribution in [1.82, 2.24) is 9.78 Å². The Labute approximate surface area is 90.6 Å². The predicted octanol–water partition coefficient (Wildman–Crippen LogP) is 2.88. The van der Waals surface area contributed by atoms with Gasteiger partial charge in [0.15, 0.2) is 0 Å². The lowest BCUT2D eigenvalue weighted by atomic mass is 9.87. The molecule has 0 aliphatic rings. The summed E-state index contributed by atoms with van der Waals surface area (Å²) in [6.07, 6.45) is 6.79. The van der Waals surface area contributed by atoms with Crippen LogP contribution in [-0.4, -0.2) is 15.7 Å². The highest BCUT2D eigenvalue weighted by molar-refractivity contribution is 6.18. The fraction of sp³-hybridized carbons (Fsp3) is 0.545. The molecular weight excluding hydrogens is 196 g/mol. The summed E-state index contributed by atoms with van der Waals surface area (Å²) in [5.74, 6) is 0.591. The maximum atomic E-state index is 5.90. The van der Waals surface area contributed by atoms with Crippen molar-refractivity contribution in [2.75, 3.05) is 5.88 Å². The summed E-state index contributed by atoms with van der Waals surface area (Å²) >= 11 is 5.90. The van der Waals surface area contributed by atoms with E-state index in [4.69, 9.17) is 11.6 Å². The van der Waals surface area contributed by atoms with Crippen molar-refractivity contribution in [2.45, 2.75) is 26.8 Å². The topological polar surface area (TPSA) is 17.8 Å². The summed E-state index contributed by atoms with van der Waals surface area (Å²) < 4.78 is 1.92. The Balaban J connectivity index is 2.72. The molecule has 14 heavy (non-hydrogen) atoms. The predicted molar refractivity (Wildman–Crippen MR) is 60.6 cm³/mol. The van der Waals surface area contributed by atoms with Gasteiger partial charge in [-0.2, -0.15) is 5.10 Å². The van der Waals surface area contributed by atoms with Crippen molar-refractivity contribution in [3.05, 3.63) is 30.6 Å². The largest absolute Gasteiger partial charge is 0.273 e. The molecule has 0 aliphatic heterocycles. The standard InChI is InChI=1S/C11H17ClN2/c1-4-11(3,9-12)6-10-7-13-14(5-2)8-10/h4,7-8H,1,5-6,9H2,2-3H3. The summed E-state index contributed by atoms with van der Waals surface area (Å²) in [5, 5.41) is 4.23. The molecule has 1 atom stereocenters. The van der Waals surface area contributed by atoms with E-state index in [2.05, 4.69) is 31.7 Å². The average Bonchev–Trinajstić information content (AvgIpc) is 2.65. The molecule has 3 heteroatoms. The van der Waals surface area contributed by atoms with Gasteiger partial charge >= 0.3 is 0 Å². The summed E-state index contributed by atoms with van der Waals surface area (Å²) in [6.45, 7) is 8.91. The fourth-order valence-corrected chi connectivity index (χ4v) is 1.51. The first-order valence-corrected chi connectivity index (χ1v) is 5.38. The number of hydrogen-bond acceptors (Lipinski definition) is 1. The van der Waals surface area contributed by atoms with E-state index >= 15 is 0 Å². The van der Waals surface area contributed by atoms with Gasteiger partial charge < -0.3 is 0 Å². The second kappa shape index (κ2) is 4.65. The molecule has 0 aliphatic carbocycles. The van der Waals surface area contributed by atoms with Crippen molar-refractivity contribution in [2.24, 2.45) is 5.41 Å². The van der Waals surface area contributed by atoms with Crippen LogP contribution in [0.4, 0.5) is 0 Å². The molecule has 0 spiro atoms. The minimum absolute atomic E-state index is 0.0246. The molecule has 78 valence electrons. The average molecular weight is 213 g/mol. The normalized spacial score (nSPS) is 15.1. The number of aromatic nitrogens is 2. The van der Waals surface area contributed by atoms with Gasteiger partial charge in [0.05, 0.1) is 6.20 Å². The van der Waals surface area contributed by atoms with Crippen molar-refractivity contribution in [1.29, 1.82) is 0 Å². The molecule has 0 aromatic carbocycles. The third kappa shape index (κ3) is 2.61. The summed E-state index contributed by atoms with van der Waals surface area (Å²) in [7, 11) is 0. The molecule has 0 saturated heterocycles. The van der Waals surface area contributed by atoms with Crippen LogP contribution in [0.1, 0.15) is 19.4 Å². The summed E-state index contributed by atoms with van der Waals surface area (Å²) in [4.78, 5) is 0. The van der Waals surface area contributed by atoms with Crippen LogP contribution >= 0.6 is 11.6 Å². The minimum atomic E-state index is -0.0246. The molecule has 1 aromatic rings.